The number of ether oxygens (including phenoxy) is 2. The van der Waals surface area contributed by atoms with Crippen molar-refractivity contribution < 1.29 is 23.9 Å². The van der Waals surface area contributed by atoms with Crippen molar-refractivity contribution in [3.05, 3.63) is 69.4 Å². The average molecular weight is 871 g/mol. The molecule has 2 saturated heterocycles. The lowest BCUT2D eigenvalue weighted by atomic mass is 9.91. The highest BCUT2D eigenvalue weighted by Crippen LogP contribution is 2.47. The van der Waals surface area contributed by atoms with E-state index in [9.17, 15) is 14.4 Å². The normalized spacial score (nSPS) is 19.2. The Labute approximate surface area is 360 Å². The van der Waals surface area contributed by atoms with Gasteiger partial charge in [-0.2, -0.15) is 0 Å². The summed E-state index contributed by atoms with van der Waals surface area (Å²) in [5.41, 5.74) is 13.1. The van der Waals surface area contributed by atoms with Crippen molar-refractivity contribution in [3.8, 4) is 21.1 Å². The van der Waals surface area contributed by atoms with Crippen molar-refractivity contribution in [2.45, 2.75) is 96.2 Å². The fourth-order valence-electron chi connectivity index (χ4n) is 8.04. The third kappa shape index (κ3) is 10.2. The molecule has 2 aliphatic heterocycles. The molecule has 2 aliphatic carbocycles. The minimum atomic E-state index is -0.0461. The largest absolute Gasteiger partial charge is 0.381 e. The molecule has 2 aromatic carbocycles. The zero-order valence-corrected chi connectivity index (χ0v) is 36.7. The van der Waals surface area contributed by atoms with Gasteiger partial charge in [-0.15, -0.1) is 45.3 Å². The first-order valence-corrected chi connectivity index (χ1v) is 23.7. The molecule has 6 aromatic rings. The summed E-state index contributed by atoms with van der Waals surface area (Å²) in [4.78, 5) is 46.2. The van der Waals surface area contributed by atoms with E-state index in [1.54, 1.807) is 59.2 Å². The van der Waals surface area contributed by atoms with Crippen LogP contribution >= 0.6 is 45.3 Å². The molecular formula is C44H50N6O5S4. The summed E-state index contributed by atoms with van der Waals surface area (Å²) in [5.74, 6) is 0.268. The van der Waals surface area contributed by atoms with Gasteiger partial charge in [0, 0.05) is 78.9 Å². The second kappa shape index (κ2) is 19.2. The molecule has 2 amide bonds. The number of ketones is 1. The molecule has 0 spiro atoms. The lowest BCUT2D eigenvalue weighted by Crippen LogP contribution is -2.43. The van der Waals surface area contributed by atoms with Crippen LogP contribution in [-0.4, -0.2) is 72.1 Å². The number of amides is 2. The number of anilines is 2. The van der Waals surface area contributed by atoms with Crippen LogP contribution in [0.5, 0.6) is 0 Å². The average Bonchev–Trinajstić information content (AvgIpc) is 4.00. The Kier molecular flexibility index (Phi) is 13.6. The predicted octanol–water partition coefficient (Wildman–Crippen LogP) is 8.77. The summed E-state index contributed by atoms with van der Waals surface area (Å²) < 4.78 is 12.8. The SMILES string of the molecule is CC(=O)Nc1sc2c(c1-c1nc3ccccc3s1)CCC(N)C2.CC(=O)Nc1sc2c(c1-c1nc3ccccc3s1)CCC(NC1CCOCC1)C2.O=C1CCOCC1. The van der Waals surface area contributed by atoms with E-state index in [1.165, 1.54) is 30.3 Å². The standard InChI is InChI=1S/C22H25N3O2S2.C17H17N3OS2.C5H8O2/c1-13(26)23-21-20(22-25-17-4-2-3-5-18(17)28-22)16-7-6-15(12-19(16)29-21)24-14-8-10-27-11-9-14;1-9(21)19-16-15(11-7-6-10(18)8-14(11)23-16)17-20-12-4-2-3-5-13(12)22-17;6-5-1-3-7-4-2-5/h2-5,14-15,24H,6-12H2,1H3,(H,23,26);2-5,10H,6-8,18H2,1H3,(H,19,21);1-4H2. The van der Waals surface area contributed by atoms with E-state index < -0.39 is 0 Å². The van der Waals surface area contributed by atoms with Gasteiger partial charge < -0.3 is 31.2 Å². The summed E-state index contributed by atoms with van der Waals surface area (Å²) >= 11 is 6.78. The van der Waals surface area contributed by atoms with Crippen molar-refractivity contribution in [1.82, 2.24) is 15.3 Å². The lowest BCUT2D eigenvalue weighted by Gasteiger charge is -2.30. The topological polar surface area (TPSA) is 158 Å². The second-order valence-corrected chi connectivity index (χ2v) is 19.7. The number of thiophene rings is 2. The number of hydrogen-bond donors (Lipinski definition) is 4. The fourth-order valence-corrected chi connectivity index (χ4v) is 13.0. The van der Waals surface area contributed by atoms with Gasteiger partial charge in [-0.25, -0.2) is 9.97 Å². The van der Waals surface area contributed by atoms with E-state index >= 15 is 0 Å². The Morgan fingerprint density at radius 2 is 1.15 bits per heavy atom. The number of fused-ring (bicyclic) bond motifs is 4. The predicted molar refractivity (Wildman–Crippen MR) is 242 cm³/mol. The first kappa shape index (κ1) is 41.8. The number of carbonyl (C=O) groups excluding carboxylic acids is 3. The number of benzene rings is 2. The van der Waals surface area contributed by atoms with Gasteiger partial charge >= 0.3 is 0 Å². The van der Waals surface area contributed by atoms with E-state index in [0.29, 0.717) is 43.9 Å². The summed E-state index contributed by atoms with van der Waals surface area (Å²) in [6.07, 6.45) is 9.45. The van der Waals surface area contributed by atoms with Crippen molar-refractivity contribution >= 4 is 93.4 Å². The van der Waals surface area contributed by atoms with E-state index in [4.69, 9.17) is 25.2 Å². The van der Waals surface area contributed by atoms with Crippen molar-refractivity contribution in [1.29, 1.82) is 0 Å². The first-order valence-electron chi connectivity index (χ1n) is 20.4. The third-order valence-corrected chi connectivity index (χ3v) is 15.4. The van der Waals surface area contributed by atoms with Gasteiger partial charge in [0.25, 0.3) is 0 Å². The Morgan fingerprint density at radius 3 is 1.66 bits per heavy atom. The van der Waals surface area contributed by atoms with Crippen LogP contribution in [0, 0.1) is 0 Å². The van der Waals surface area contributed by atoms with E-state index in [2.05, 4.69) is 40.2 Å². The molecule has 11 nitrogen and oxygen atoms in total. The Hall–Kier alpha value is -3.93. The van der Waals surface area contributed by atoms with Crippen LogP contribution in [0.3, 0.4) is 0 Å². The van der Waals surface area contributed by atoms with Gasteiger partial charge in [-0.05, 0) is 86.8 Å². The molecule has 2 fully saturated rings. The Bertz CT molecular complexity index is 2370. The van der Waals surface area contributed by atoms with Crippen LogP contribution in [-0.2, 0) is 49.5 Å². The highest BCUT2D eigenvalue weighted by Gasteiger charge is 2.30. The number of para-hydroxylation sites is 2. The summed E-state index contributed by atoms with van der Waals surface area (Å²) in [7, 11) is 0. The van der Waals surface area contributed by atoms with Crippen LogP contribution in [0.25, 0.3) is 41.6 Å². The minimum Gasteiger partial charge on any atom is -0.381 e. The zero-order chi connectivity index (χ0) is 40.9. The van der Waals surface area contributed by atoms with E-state index in [-0.39, 0.29) is 17.9 Å². The minimum absolute atomic E-state index is 0.0251. The second-order valence-electron chi connectivity index (χ2n) is 15.4. The molecule has 0 radical (unpaired) electrons. The number of hydrogen-bond acceptors (Lipinski definition) is 13. The van der Waals surface area contributed by atoms with Gasteiger partial charge in [0.05, 0.1) is 33.6 Å². The third-order valence-electron chi connectivity index (χ3n) is 10.9. The van der Waals surface area contributed by atoms with Gasteiger partial charge in [0.1, 0.15) is 25.8 Å². The van der Waals surface area contributed by atoms with E-state index in [0.717, 1.165) is 107 Å². The molecule has 10 rings (SSSR count). The van der Waals surface area contributed by atoms with Gasteiger partial charge in [-0.3, -0.25) is 14.4 Å². The monoisotopic (exact) mass is 870 g/mol. The van der Waals surface area contributed by atoms with Crippen molar-refractivity contribution in [2.75, 3.05) is 37.1 Å². The van der Waals surface area contributed by atoms with Crippen LogP contribution in [0.1, 0.15) is 73.3 Å². The zero-order valence-electron chi connectivity index (χ0n) is 33.4. The van der Waals surface area contributed by atoms with Crippen LogP contribution < -0.4 is 21.7 Å². The van der Waals surface area contributed by atoms with E-state index in [1.807, 2.05) is 24.3 Å². The lowest BCUT2D eigenvalue weighted by molar-refractivity contribution is -0.124. The maximum absolute atomic E-state index is 11.9. The number of aromatic nitrogens is 2. The number of carbonyl (C=O) groups is 3. The Balaban J connectivity index is 0.000000144. The smallest absolute Gasteiger partial charge is 0.221 e. The maximum Gasteiger partial charge on any atom is 0.221 e. The molecule has 2 unspecified atom stereocenters. The number of thiazole rings is 2. The fraction of sp³-hybridized carbons (Fsp3) is 0.432. The number of rotatable bonds is 6. The van der Waals surface area contributed by atoms with Crippen LogP contribution in [0.4, 0.5) is 10.0 Å². The van der Waals surface area contributed by atoms with Gasteiger partial charge in [0.15, 0.2) is 0 Å². The quantitative estimate of drug-likeness (QED) is 0.129. The number of nitrogens with one attached hydrogen (secondary N) is 3. The molecule has 4 aliphatic rings. The number of nitrogens with two attached hydrogens (primary N) is 1. The highest BCUT2D eigenvalue weighted by atomic mass is 32.1. The first-order chi connectivity index (χ1) is 28.7. The van der Waals surface area contributed by atoms with Crippen LogP contribution in [0.15, 0.2) is 48.5 Å². The summed E-state index contributed by atoms with van der Waals surface area (Å²) in [6, 6.07) is 17.7. The number of Topliss-reactive ketones (excluding diaryl/α,β-unsaturated/α-hetero) is 1. The summed E-state index contributed by atoms with van der Waals surface area (Å²) in [6.45, 7) is 6.13. The molecule has 6 heterocycles. The molecule has 0 bridgehead atoms. The number of nitrogens with zero attached hydrogens (tertiary/aromatic N) is 2. The van der Waals surface area contributed by atoms with Crippen LogP contribution in [0.2, 0.25) is 0 Å². The molecule has 310 valence electrons. The Morgan fingerprint density at radius 1 is 0.644 bits per heavy atom. The highest BCUT2D eigenvalue weighted by molar-refractivity contribution is 7.23. The molecule has 4 aromatic heterocycles. The van der Waals surface area contributed by atoms with Gasteiger partial charge in [0.2, 0.25) is 11.8 Å². The summed E-state index contributed by atoms with van der Waals surface area (Å²) in [5, 5.41) is 13.8. The molecule has 15 heteroatoms. The maximum atomic E-state index is 11.9. The molecule has 5 N–H and O–H groups in total. The molecule has 2 atom stereocenters. The molecule has 0 saturated carbocycles. The molecular weight excluding hydrogens is 821 g/mol. The molecule has 59 heavy (non-hydrogen) atoms. The van der Waals surface area contributed by atoms with Gasteiger partial charge in [-0.1, -0.05) is 24.3 Å². The van der Waals surface area contributed by atoms with Crippen molar-refractivity contribution in [2.24, 2.45) is 5.73 Å². The van der Waals surface area contributed by atoms with Crippen molar-refractivity contribution in [3.63, 3.8) is 0 Å².